The minimum absolute atomic E-state index is 0.176. The minimum Gasteiger partial charge on any atom is -0.479 e. The molecule has 0 aromatic carbocycles. The molecule has 1 aromatic rings. The SMILES string of the molecule is COc1ncc(Cl)nc1Cl. The minimum atomic E-state index is 0.176. The summed E-state index contributed by atoms with van der Waals surface area (Å²) in [6, 6.07) is 0. The highest BCUT2D eigenvalue weighted by Crippen LogP contribution is 2.19. The van der Waals surface area contributed by atoms with E-state index in [-0.39, 0.29) is 16.2 Å². The second kappa shape index (κ2) is 3.03. The van der Waals surface area contributed by atoms with Crippen LogP contribution in [0.3, 0.4) is 0 Å². The molecule has 0 radical (unpaired) electrons. The van der Waals surface area contributed by atoms with Crippen LogP contribution in [-0.2, 0) is 0 Å². The molecule has 0 aliphatic carbocycles. The van der Waals surface area contributed by atoms with Gasteiger partial charge in [-0.15, -0.1) is 0 Å². The van der Waals surface area contributed by atoms with Crippen molar-refractivity contribution >= 4 is 23.2 Å². The third-order valence-corrected chi connectivity index (χ3v) is 1.29. The summed E-state index contributed by atoms with van der Waals surface area (Å²) < 4.78 is 4.74. The average molecular weight is 179 g/mol. The van der Waals surface area contributed by atoms with E-state index in [1.54, 1.807) is 0 Å². The van der Waals surface area contributed by atoms with Crippen molar-refractivity contribution in [3.8, 4) is 5.88 Å². The smallest absolute Gasteiger partial charge is 0.251 e. The first kappa shape index (κ1) is 7.57. The van der Waals surface area contributed by atoms with Crippen LogP contribution in [0.1, 0.15) is 0 Å². The standard InChI is InChI=1S/C5H4Cl2N2O/c1-10-5-4(7)9-3(6)2-8-5/h2H,1H3. The van der Waals surface area contributed by atoms with Gasteiger partial charge in [0, 0.05) is 0 Å². The van der Waals surface area contributed by atoms with Crippen LogP contribution in [-0.4, -0.2) is 17.1 Å². The summed E-state index contributed by atoms with van der Waals surface area (Å²) in [5.41, 5.74) is 0. The average Bonchev–Trinajstić information content (AvgIpc) is 1.88. The Morgan fingerprint density at radius 2 is 2.20 bits per heavy atom. The molecule has 0 bridgehead atoms. The zero-order valence-electron chi connectivity index (χ0n) is 5.14. The van der Waals surface area contributed by atoms with E-state index in [0.29, 0.717) is 0 Å². The Labute approximate surface area is 68.0 Å². The quantitative estimate of drug-likeness (QED) is 0.659. The fourth-order valence-electron chi connectivity index (χ4n) is 0.473. The molecule has 0 fully saturated rings. The van der Waals surface area contributed by atoms with Crippen molar-refractivity contribution < 1.29 is 4.74 Å². The van der Waals surface area contributed by atoms with Crippen LogP contribution < -0.4 is 4.74 Å². The van der Waals surface area contributed by atoms with Gasteiger partial charge in [-0.2, -0.15) is 0 Å². The summed E-state index contributed by atoms with van der Waals surface area (Å²) >= 11 is 11.0. The number of rotatable bonds is 1. The van der Waals surface area contributed by atoms with Crippen LogP contribution in [0.2, 0.25) is 10.3 Å². The van der Waals surface area contributed by atoms with E-state index in [1.807, 2.05) is 0 Å². The number of nitrogens with zero attached hydrogens (tertiary/aromatic N) is 2. The van der Waals surface area contributed by atoms with Gasteiger partial charge < -0.3 is 4.74 Å². The van der Waals surface area contributed by atoms with Crippen molar-refractivity contribution in [1.29, 1.82) is 0 Å². The molecule has 54 valence electrons. The van der Waals surface area contributed by atoms with Crippen LogP contribution in [0.4, 0.5) is 0 Å². The molecular formula is C5H4Cl2N2O. The molecule has 10 heavy (non-hydrogen) atoms. The van der Waals surface area contributed by atoms with E-state index in [0.717, 1.165) is 0 Å². The Hall–Kier alpha value is -0.540. The van der Waals surface area contributed by atoms with Crippen molar-refractivity contribution in [2.75, 3.05) is 7.11 Å². The lowest BCUT2D eigenvalue weighted by Crippen LogP contribution is -1.90. The molecule has 1 rings (SSSR count). The van der Waals surface area contributed by atoms with Gasteiger partial charge in [0.1, 0.15) is 5.15 Å². The number of hydrogen-bond donors (Lipinski definition) is 0. The first-order valence-corrected chi connectivity index (χ1v) is 3.21. The Balaban J connectivity index is 3.07. The monoisotopic (exact) mass is 178 g/mol. The fraction of sp³-hybridized carbons (Fsp3) is 0.200. The summed E-state index contributed by atoms with van der Waals surface area (Å²) in [5.74, 6) is 0.283. The second-order valence-corrected chi connectivity index (χ2v) is 2.24. The molecule has 0 atom stereocenters. The van der Waals surface area contributed by atoms with E-state index in [4.69, 9.17) is 27.9 Å². The first-order valence-electron chi connectivity index (χ1n) is 2.46. The molecule has 0 unspecified atom stereocenters. The predicted octanol–water partition coefficient (Wildman–Crippen LogP) is 1.79. The van der Waals surface area contributed by atoms with Gasteiger partial charge in [0.05, 0.1) is 13.3 Å². The Morgan fingerprint density at radius 3 is 2.70 bits per heavy atom. The van der Waals surface area contributed by atoms with E-state index < -0.39 is 0 Å². The van der Waals surface area contributed by atoms with Gasteiger partial charge >= 0.3 is 0 Å². The number of hydrogen-bond acceptors (Lipinski definition) is 3. The maximum atomic E-state index is 5.55. The molecule has 3 nitrogen and oxygen atoms in total. The van der Waals surface area contributed by atoms with Crippen molar-refractivity contribution in [3.05, 3.63) is 16.5 Å². The summed E-state index contributed by atoms with van der Waals surface area (Å²) in [5, 5.41) is 0.431. The van der Waals surface area contributed by atoms with Crippen LogP contribution in [0.15, 0.2) is 6.20 Å². The topological polar surface area (TPSA) is 35.0 Å². The third kappa shape index (κ3) is 1.49. The third-order valence-electron chi connectivity index (χ3n) is 0.863. The van der Waals surface area contributed by atoms with Gasteiger partial charge in [0.25, 0.3) is 5.88 Å². The summed E-state index contributed by atoms with van der Waals surface area (Å²) in [6.45, 7) is 0. The molecule has 0 N–H and O–H groups in total. The van der Waals surface area contributed by atoms with Crippen molar-refractivity contribution in [3.63, 3.8) is 0 Å². The van der Waals surface area contributed by atoms with Crippen LogP contribution in [0, 0.1) is 0 Å². The molecular weight excluding hydrogens is 175 g/mol. The second-order valence-electron chi connectivity index (χ2n) is 1.49. The Kier molecular flexibility index (Phi) is 2.29. The van der Waals surface area contributed by atoms with Gasteiger partial charge in [-0.1, -0.05) is 23.2 Å². The van der Waals surface area contributed by atoms with Crippen LogP contribution >= 0.6 is 23.2 Å². The lowest BCUT2D eigenvalue weighted by Gasteiger charge is -1.98. The fourth-order valence-corrected chi connectivity index (χ4v) is 0.866. The molecule has 0 saturated carbocycles. The number of halogens is 2. The van der Waals surface area contributed by atoms with E-state index in [1.165, 1.54) is 13.3 Å². The van der Waals surface area contributed by atoms with Crippen LogP contribution in [0.5, 0.6) is 5.88 Å². The Morgan fingerprint density at radius 1 is 1.50 bits per heavy atom. The molecule has 0 amide bonds. The molecule has 0 saturated heterocycles. The summed E-state index contributed by atoms with van der Waals surface area (Å²) in [7, 11) is 1.46. The highest BCUT2D eigenvalue weighted by Gasteiger charge is 2.02. The van der Waals surface area contributed by atoms with E-state index in [9.17, 15) is 0 Å². The molecule has 0 aliphatic rings. The normalized spacial score (nSPS) is 9.50. The highest BCUT2D eigenvalue weighted by atomic mass is 35.5. The first-order chi connectivity index (χ1) is 4.74. The Bertz CT molecular complexity index is 241. The van der Waals surface area contributed by atoms with Crippen molar-refractivity contribution in [2.45, 2.75) is 0 Å². The van der Waals surface area contributed by atoms with Gasteiger partial charge in [-0.25, -0.2) is 9.97 Å². The van der Waals surface area contributed by atoms with Gasteiger partial charge in [-0.05, 0) is 0 Å². The number of methoxy groups -OCH3 is 1. The van der Waals surface area contributed by atoms with Gasteiger partial charge in [-0.3, -0.25) is 0 Å². The number of ether oxygens (including phenoxy) is 1. The lowest BCUT2D eigenvalue weighted by atomic mass is 10.7. The lowest BCUT2D eigenvalue weighted by molar-refractivity contribution is 0.396. The molecule has 0 spiro atoms. The molecule has 1 aromatic heterocycles. The molecule has 1 heterocycles. The maximum absolute atomic E-state index is 5.55. The highest BCUT2D eigenvalue weighted by molar-refractivity contribution is 6.32. The van der Waals surface area contributed by atoms with Gasteiger partial charge in [0.2, 0.25) is 0 Å². The van der Waals surface area contributed by atoms with Crippen molar-refractivity contribution in [1.82, 2.24) is 9.97 Å². The van der Waals surface area contributed by atoms with Gasteiger partial charge in [0.15, 0.2) is 5.15 Å². The van der Waals surface area contributed by atoms with Crippen LogP contribution in [0.25, 0.3) is 0 Å². The number of aromatic nitrogens is 2. The summed E-state index contributed by atoms with van der Waals surface area (Å²) in [6.07, 6.45) is 1.37. The molecule has 0 aliphatic heterocycles. The zero-order valence-corrected chi connectivity index (χ0v) is 6.65. The molecule has 5 heteroatoms. The maximum Gasteiger partial charge on any atom is 0.251 e. The van der Waals surface area contributed by atoms with E-state index in [2.05, 4.69) is 9.97 Å². The predicted molar refractivity (Wildman–Crippen MR) is 38.6 cm³/mol. The van der Waals surface area contributed by atoms with E-state index >= 15 is 0 Å². The summed E-state index contributed by atoms with van der Waals surface area (Å²) in [4.78, 5) is 7.44. The zero-order chi connectivity index (χ0) is 7.56. The van der Waals surface area contributed by atoms with Crippen molar-refractivity contribution in [2.24, 2.45) is 0 Å². The largest absolute Gasteiger partial charge is 0.479 e.